The van der Waals surface area contributed by atoms with Gasteiger partial charge in [0, 0.05) is 50.6 Å². The van der Waals surface area contributed by atoms with Crippen LogP contribution >= 0.6 is 0 Å². The Morgan fingerprint density at radius 1 is 0.701 bits per heavy atom. The number of carbonyl (C=O) groups excluding carboxylic acids is 4. The molecule has 0 aliphatic rings. The Kier molecular flexibility index (Phi) is 13.5. The maximum absolute atomic E-state index is 13.8. The van der Waals surface area contributed by atoms with E-state index in [4.69, 9.17) is 25.9 Å². The van der Waals surface area contributed by atoms with E-state index >= 15 is 0 Å². The number of primary amides is 2. The van der Waals surface area contributed by atoms with Gasteiger partial charge >= 0.3 is 5.97 Å². The fourth-order valence-electron chi connectivity index (χ4n) is 7.43. The molecule has 0 bridgehead atoms. The first-order chi connectivity index (χ1) is 32.1. The molecule has 0 fully saturated rings. The van der Waals surface area contributed by atoms with Crippen LogP contribution in [0.3, 0.4) is 0 Å². The molecule has 0 saturated heterocycles. The van der Waals surface area contributed by atoms with Crippen molar-refractivity contribution in [1.29, 1.82) is 0 Å². The molecule has 67 heavy (non-hydrogen) atoms. The minimum Gasteiger partial charge on any atom is -0.494 e. The number of carbonyl (C=O) groups is 5. The van der Waals surface area contributed by atoms with Gasteiger partial charge in [-0.3, -0.25) is 43.9 Å². The molecule has 0 saturated carbocycles. The number of fused-ring (bicyclic) bond motifs is 2. The van der Waals surface area contributed by atoms with Gasteiger partial charge in [-0.2, -0.15) is 15.3 Å². The average molecular weight is 916 g/mol. The molecule has 348 valence electrons. The monoisotopic (exact) mass is 915 g/mol. The SMILES string of the molecule is CCn1nc(C)cc1C(=O)Nc1nc2cc(C(N)=O)cc(OC)c2n1C/C=C/Cn1c(NC(=O)c2cc(C)nn2CC)nc2cc(C(N)=O)cc(OC/C=C/Cn3cc(NC)c(C(=O)O)n3)c21. The van der Waals surface area contributed by atoms with Crippen LogP contribution in [0, 0.1) is 13.8 Å². The summed E-state index contributed by atoms with van der Waals surface area (Å²) < 4.78 is 19.9. The molecule has 2 aromatic carbocycles. The minimum absolute atomic E-state index is 0.00104. The van der Waals surface area contributed by atoms with Crippen molar-refractivity contribution in [3.05, 3.63) is 106 Å². The van der Waals surface area contributed by atoms with E-state index in [1.54, 1.807) is 82.0 Å². The number of aryl methyl sites for hydroxylation is 4. The van der Waals surface area contributed by atoms with E-state index in [-0.39, 0.29) is 66.5 Å². The molecule has 8 N–H and O–H groups in total. The number of methoxy groups -OCH3 is 1. The van der Waals surface area contributed by atoms with Crippen molar-refractivity contribution in [1.82, 2.24) is 48.4 Å². The summed E-state index contributed by atoms with van der Waals surface area (Å²) in [5.41, 5.74) is 15.3. The molecule has 4 amide bonds. The minimum atomic E-state index is -1.17. The number of hydrogen-bond donors (Lipinski definition) is 6. The molecule has 23 heteroatoms. The quantitative estimate of drug-likeness (QED) is 0.0590. The summed E-state index contributed by atoms with van der Waals surface area (Å²) in [6.45, 7) is 8.62. The van der Waals surface area contributed by atoms with Gasteiger partial charge in [-0.1, -0.05) is 18.2 Å². The number of amides is 4. The van der Waals surface area contributed by atoms with Crippen molar-refractivity contribution >= 4 is 69.2 Å². The molecule has 0 aliphatic heterocycles. The largest absolute Gasteiger partial charge is 0.494 e. The third-order valence-electron chi connectivity index (χ3n) is 10.5. The fraction of sp³-hybridized carbons (Fsp3) is 0.273. The van der Waals surface area contributed by atoms with Crippen molar-refractivity contribution in [2.45, 2.75) is 60.4 Å². The zero-order valence-electron chi connectivity index (χ0n) is 37.5. The molecule has 0 spiro atoms. The Morgan fingerprint density at radius 3 is 1.64 bits per heavy atom. The Hall–Kier alpha value is -8.76. The van der Waals surface area contributed by atoms with E-state index in [2.05, 4.69) is 36.2 Å². The highest BCUT2D eigenvalue weighted by Crippen LogP contribution is 2.33. The second-order valence-electron chi connectivity index (χ2n) is 15.0. The molecule has 5 aromatic heterocycles. The summed E-state index contributed by atoms with van der Waals surface area (Å²) >= 11 is 0. The number of nitrogens with one attached hydrogen (secondary N) is 3. The predicted octanol–water partition coefficient (Wildman–Crippen LogP) is 3.97. The number of rotatable bonds is 20. The highest BCUT2D eigenvalue weighted by atomic mass is 16.5. The topological polar surface area (TPSA) is 301 Å². The summed E-state index contributed by atoms with van der Waals surface area (Å²) in [6.07, 6.45) is 8.60. The summed E-state index contributed by atoms with van der Waals surface area (Å²) in [5, 5.41) is 31.0. The van der Waals surface area contributed by atoms with Crippen molar-refractivity contribution in [2.24, 2.45) is 11.5 Å². The van der Waals surface area contributed by atoms with Crippen molar-refractivity contribution in [3.63, 3.8) is 0 Å². The number of aromatic nitrogens is 10. The van der Waals surface area contributed by atoms with Gasteiger partial charge in [0.15, 0.2) is 5.69 Å². The van der Waals surface area contributed by atoms with Crippen molar-refractivity contribution in [3.8, 4) is 11.5 Å². The molecule has 0 unspecified atom stereocenters. The number of benzene rings is 2. The first-order valence-corrected chi connectivity index (χ1v) is 21.0. The van der Waals surface area contributed by atoms with Crippen molar-refractivity contribution < 1.29 is 38.6 Å². The lowest BCUT2D eigenvalue weighted by atomic mass is 10.1. The van der Waals surface area contributed by atoms with E-state index in [0.717, 1.165) is 0 Å². The number of allylic oxidation sites excluding steroid dienone is 3. The number of carboxylic acids is 1. The maximum atomic E-state index is 13.8. The highest BCUT2D eigenvalue weighted by Gasteiger charge is 2.24. The third-order valence-corrected chi connectivity index (χ3v) is 10.5. The Bertz CT molecular complexity index is 3130. The van der Waals surface area contributed by atoms with Crippen LogP contribution in [-0.4, -0.2) is 104 Å². The van der Waals surface area contributed by atoms with Crippen LogP contribution in [0.25, 0.3) is 22.1 Å². The zero-order valence-corrected chi connectivity index (χ0v) is 37.5. The molecule has 0 radical (unpaired) electrons. The Balaban J connectivity index is 1.25. The molecular weight excluding hydrogens is 867 g/mol. The predicted molar refractivity (Wildman–Crippen MR) is 247 cm³/mol. The number of carboxylic acid groups (broad SMARTS) is 1. The lowest BCUT2D eigenvalue weighted by Crippen LogP contribution is -2.20. The van der Waals surface area contributed by atoms with E-state index in [1.165, 1.54) is 36.1 Å². The van der Waals surface area contributed by atoms with E-state index in [1.807, 2.05) is 13.8 Å². The number of anilines is 3. The lowest BCUT2D eigenvalue weighted by Gasteiger charge is -2.13. The molecule has 7 aromatic rings. The van der Waals surface area contributed by atoms with E-state index in [9.17, 15) is 29.1 Å². The number of imidazole rings is 2. The third kappa shape index (κ3) is 9.69. The number of ether oxygens (including phenoxy) is 2. The summed E-state index contributed by atoms with van der Waals surface area (Å²) in [7, 11) is 3.04. The van der Waals surface area contributed by atoms with Crippen LogP contribution in [0.4, 0.5) is 17.6 Å². The van der Waals surface area contributed by atoms with Crippen LogP contribution in [0.5, 0.6) is 11.5 Å². The number of hydrogen-bond acceptors (Lipinski definition) is 13. The number of nitrogens with two attached hydrogens (primary N) is 2. The van der Waals surface area contributed by atoms with Crippen LogP contribution in [0.15, 0.2) is 66.9 Å². The molecule has 0 aliphatic carbocycles. The Morgan fingerprint density at radius 2 is 1.19 bits per heavy atom. The smallest absolute Gasteiger partial charge is 0.358 e. The molecule has 0 atom stereocenters. The lowest BCUT2D eigenvalue weighted by molar-refractivity contribution is 0.0689. The van der Waals surface area contributed by atoms with Crippen LogP contribution < -0.4 is 36.9 Å². The zero-order chi connectivity index (χ0) is 48.1. The van der Waals surface area contributed by atoms with Gasteiger partial charge in [0.05, 0.1) is 41.8 Å². The molecule has 7 rings (SSSR count). The van der Waals surface area contributed by atoms with Gasteiger partial charge in [0.25, 0.3) is 11.8 Å². The Labute approximate surface area is 382 Å². The second kappa shape index (κ2) is 19.5. The van der Waals surface area contributed by atoms with Gasteiger partial charge in [0.2, 0.25) is 23.7 Å². The van der Waals surface area contributed by atoms with Crippen molar-refractivity contribution in [2.75, 3.05) is 36.7 Å². The summed E-state index contributed by atoms with van der Waals surface area (Å²) in [6, 6.07) is 9.32. The normalized spacial score (nSPS) is 11.6. The summed E-state index contributed by atoms with van der Waals surface area (Å²) in [5.74, 6) is -2.77. The van der Waals surface area contributed by atoms with Gasteiger partial charge in [0.1, 0.15) is 40.5 Å². The molecule has 5 heterocycles. The van der Waals surface area contributed by atoms with Crippen LogP contribution in [0.2, 0.25) is 0 Å². The van der Waals surface area contributed by atoms with Gasteiger partial charge in [-0.25, -0.2) is 14.8 Å². The molecular formula is C44H49N15O8. The number of aromatic carboxylic acids is 1. The van der Waals surface area contributed by atoms with Crippen LogP contribution in [-0.2, 0) is 32.7 Å². The fourth-order valence-corrected chi connectivity index (χ4v) is 7.43. The van der Waals surface area contributed by atoms with Gasteiger partial charge in [-0.05, 0) is 70.2 Å². The first kappa shape index (κ1) is 46.2. The van der Waals surface area contributed by atoms with Crippen LogP contribution in [0.1, 0.15) is 77.4 Å². The average Bonchev–Trinajstić information content (AvgIpc) is 4.13. The summed E-state index contributed by atoms with van der Waals surface area (Å²) in [4.78, 5) is 73.4. The van der Waals surface area contributed by atoms with Gasteiger partial charge < -0.3 is 40.5 Å². The number of nitrogens with zero attached hydrogens (tertiary/aromatic N) is 10. The first-order valence-electron chi connectivity index (χ1n) is 21.0. The van der Waals surface area contributed by atoms with E-state index < -0.39 is 29.6 Å². The van der Waals surface area contributed by atoms with Gasteiger partial charge in [-0.15, -0.1) is 0 Å². The van der Waals surface area contributed by atoms with E-state index in [0.29, 0.717) is 63.6 Å². The standard InChI is InChI=1S/C44H49N15O8/c1-7-58-31(17-24(3)52-58)40(62)50-43-48-28-19-26(38(45)60)21-33(66-6)36(28)56(43)14-9-10-15-57-37-29(49-44(57)51-41(63)32-18-25(4)53-59(32)8-2)20-27(39(46)61)22-34(37)67-16-12-11-13-55-23-30(47-5)35(54-55)42(64)65/h9-12,17-23,47H,7-8,13-16H2,1-6H3,(H2,45,60)(H2,46,61)(H,64,65)(H,48,50,62)(H,49,51,63)/b10-9+,12-11+. The maximum Gasteiger partial charge on any atom is 0.358 e. The second-order valence-corrected chi connectivity index (χ2v) is 15.0. The molecule has 23 nitrogen and oxygen atoms in total. The highest BCUT2D eigenvalue weighted by molar-refractivity contribution is 6.05.